The minimum Gasteiger partial charge on any atom is -0.385 e. The van der Waals surface area contributed by atoms with Crippen molar-refractivity contribution >= 4 is 38.3 Å². The number of fused-ring (bicyclic) bond motifs is 6. The smallest absolute Gasteiger partial charge is 0.385 e. The van der Waals surface area contributed by atoms with Crippen molar-refractivity contribution in [3.63, 3.8) is 0 Å². The van der Waals surface area contributed by atoms with Gasteiger partial charge in [-0.05, 0) is 71.9 Å². The maximum atomic E-state index is 13.1. The van der Waals surface area contributed by atoms with Crippen LogP contribution in [0.1, 0.15) is 67.3 Å². The minimum atomic E-state index is -4.16. The van der Waals surface area contributed by atoms with Crippen LogP contribution >= 0.6 is 11.3 Å². The van der Waals surface area contributed by atoms with Crippen LogP contribution in [0.4, 0.5) is 18.9 Å². The summed E-state index contributed by atoms with van der Waals surface area (Å²) in [7, 11) is 0. The summed E-state index contributed by atoms with van der Waals surface area (Å²) in [6.45, 7) is 3.28. The summed E-state index contributed by atoms with van der Waals surface area (Å²) in [5, 5.41) is 12.8. The second-order valence-electron chi connectivity index (χ2n) is 11.3. The van der Waals surface area contributed by atoms with Gasteiger partial charge in [0.25, 0.3) is 0 Å². The topological polar surface area (TPSA) is 54.2 Å². The van der Waals surface area contributed by atoms with Crippen LogP contribution in [-0.4, -0.2) is 38.9 Å². The van der Waals surface area contributed by atoms with Crippen molar-refractivity contribution in [1.82, 2.24) is 14.5 Å². The summed E-state index contributed by atoms with van der Waals surface area (Å²) in [5.74, 6) is 0.630. The molecule has 0 bridgehead atoms. The van der Waals surface area contributed by atoms with Gasteiger partial charge < -0.3 is 14.6 Å². The van der Waals surface area contributed by atoms with Crippen molar-refractivity contribution in [1.29, 1.82) is 0 Å². The number of pyridine rings is 1. The van der Waals surface area contributed by atoms with Crippen LogP contribution in [0.5, 0.6) is 0 Å². The maximum Gasteiger partial charge on any atom is 0.389 e. The van der Waals surface area contributed by atoms with Crippen LogP contribution in [-0.2, 0) is 12.8 Å². The van der Waals surface area contributed by atoms with E-state index in [-0.39, 0.29) is 12.5 Å². The SMILES string of the molecule is C[C@@H](O)c1nc2cnc3ccsc3c2n1[C@H]1CCCN(c2c(CCCC(F)(F)F)ccc3c2Cc2ccccc2-3)C1. The van der Waals surface area contributed by atoms with Gasteiger partial charge in [-0.1, -0.05) is 36.4 Å². The lowest BCUT2D eigenvalue weighted by Crippen LogP contribution is -2.38. The molecule has 0 spiro atoms. The van der Waals surface area contributed by atoms with E-state index < -0.39 is 18.7 Å². The molecule has 9 heteroatoms. The summed E-state index contributed by atoms with van der Waals surface area (Å²) in [6, 6.07) is 14.6. The Bertz CT molecular complexity index is 1760. The number of aryl methyl sites for hydroxylation is 1. The highest BCUT2D eigenvalue weighted by molar-refractivity contribution is 7.18. The molecule has 3 aromatic heterocycles. The molecule has 1 aliphatic carbocycles. The zero-order valence-electron chi connectivity index (χ0n) is 22.8. The third-order valence-corrected chi connectivity index (χ3v) is 9.46. The van der Waals surface area contributed by atoms with Gasteiger partial charge in [-0.15, -0.1) is 11.3 Å². The van der Waals surface area contributed by atoms with E-state index in [1.54, 1.807) is 24.5 Å². The zero-order chi connectivity index (χ0) is 28.3. The zero-order valence-corrected chi connectivity index (χ0v) is 23.6. The van der Waals surface area contributed by atoms with Gasteiger partial charge in [0, 0.05) is 31.6 Å². The first kappa shape index (κ1) is 26.5. The Kier molecular flexibility index (Phi) is 6.54. The van der Waals surface area contributed by atoms with Gasteiger partial charge in [0.15, 0.2) is 0 Å². The number of benzene rings is 2. The third-order valence-electron chi connectivity index (χ3n) is 8.55. The van der Waals surface area contributed by atoms with Gasteiger partial charge in [0.1, 0.15) is 17.4 Å². The molecule has 1 fully saturated rings. The number of nitrogens with zero attached hydrogens (tertiary/aromatic N) is 4. The molecule has 41 heavy (non-hydrogen) atoms. The van der Waals surface area contributed by atoms with Gasteiger partial charge >= 0.3 is 6.18 Å². The molecule has 4 heterocycles. The van der Waals surface area contributed by atoms with Crippen LogP contribution in [0, 0.1) is 0 Å². The first-order chi connectivity index (χ1) is 19.8. The lowest BCUT2D eigenvalue weighted by Gasteiger charge is -2.38. The first-order valence-electron chi connectivity index (χ1n) is 14.3. The van der Waals surface area contributed by atoms with Crippen LogP contribution in [0.2, 0.25) is 0 Å². The number of aliphatic hydroxyl groups excluding tert-OH is 1. The number of imidazole rings is 1. The Labute approximate surface area is 240 Å². The average Bonchev–Trinajstić information content (AvgIpc) is 3.66. The van der Waals surface area contributed by atoms with Crippen LogP contribution in [0.15, 0.2) is 54.0 Å². The molecule has 2 aliphatic rings. The molecule has 7 rings (SSSR count). The first-order valence-corrected chi connectivity index (χ1v) is 15.1. The van der Waals surface area contributed by atoms with Gasteiger partial charge in [-0.3, -0.25) is 4.98 Å². The van der Waals surface area contributed by atoms with Gasteiger partial charge in [-0.25, -0.2) is 4.98 Å². The summed E-state index contributed by atoms with van der Waals surface area (Å²) in [6.07, 6.45) is -0.815. The van der Waals surface area contributed by atoms with Crippen LogP contribution in [0.25, 0.3) is 32.4 Å². The Balaban J connectivity index is 1.31. The monoisotopic (exact) mass is 576 g/mol. The van der Waals surface area contributed by atoms with E-state index in [0.29, 0.717) is 18.8 Å². The van der Waals surface area contributed by atoms with E-state index in [9.17, 15) is 18.3 Å². The number of aromatic nitrogens is 3. The van der Waals surface area contributed by atoms with Crippen molar-refractivity contribution < 1.29 is 18.3 Å². The number of thiophene rings is 1. The molecule has 1 saturated heterocycles. The molecule has 0 radical (unpaired) electrons. The molecular formula is C32H31F3N4OS. The molecule has 1 N–H and O–H groups in total. The van der Waals surface area contributed by atoms with E-state index in [1.165, 1.54) is 22.3 Å². The number of hydrogen-bond acceptors (Lipinski definition) is 5. The second kappa shape index (κ2) is 10.1. The molecule has 0 amide bonds. The lowest BCUT2D eigenvalue weighted by molar-refractivity contribution is -0.135. The molecule has 5 aromatic rings. The van der Waals surface area contributed by atoms with Crippen molar-refractivity contribution in [3.05, 3.63) is 76.6 Å². The molecule has 5 nitrogen and oxygen atoms in total. The van der Waals surface area contributed by atoms with Crippen molar-refractivity contribution in [2.45, 2.75) is 63.8 Å². The van der Waals surface area contributed by atoms with E-state index in [2.05, 4.69) is 32.7 Å². The number of halogens is 3. The molecular weight excluding hydrogens is 545 g/mol. The van der Waals surface area contributed by atoms with E-state index >= 15 is 0 Å². The number of rotatable bonds is 6. The Hall–Kier alpha value is -3.43. The van der Waals surface area contributed by atoms with Crippen molar-refractivity contribution in [2.24, 2.45) is 0 Å². The van der Waals surface area contributed by atoms with E-state index in [1.807, 2.05) is 29.6 Å². The quantitative estimate of drug-likeness (QED) is 0.218. The average molecular weight is 577 g/mol. The number of piperidine rings is 1. The predicted octanol–water partition coefficient (Wildman–Crippen LogP) is 8.00. The fraction of sp³-hybridized carbons (Fsp3) is 0.375. The van der Waals surface area contributed by atoms with Gasteiger partial charge in [-0.2, -0.15) is 13.2 Å². The summed E-state index contributed by atoms with van der Waals surface area (Å²) < 4.78 is 42.6. The summed E-state index contributed by atoms with van der Waals surface area (Å²) in [4.78, 5) is 11.8. The highest BCUT2D eigenvalue weighted by Crippen LogP contribution is 2.45. The Morgan fingerprint density at radius 1 is 1.10 bits per heavy atom. The summed E-state index contributed by atoms with van der Waals surface area (Å²) in [5.41, 5.74) is 9.64. The second-order valence-corrected chi connectivity index (χ2v) is 12.2. The van der Waals surface area contributed by atoms with Crippen molar-refractivity contribution in [3.8, 4) is 11.1 Å². The summed E-state index contributed by atoms with van der Waals surface area (Å²) >= 11 is 1.63. The van der Waals surface area contributed by atoms with Gasteiger partial charge in [0.05, 0.1) is 28.0 Å². The third kappa shape index (κ3) is 4.69. The lowest BCUT2D eigenvalue weighted by atomic mass is 9.94. The van der Waals surface area contributed by atoms with Crippen LogP contribution in [0.3, 0.4) is 0 Å². The fourth-order valence-electron chi connectivity index (χ4n) is 6.85. The minimum absolute atomic E-state index is 0.0497. The van der Waals surface area contributed by atoms with Gasteiger partial charge in [0.2, 0.25) is 0 Å². The largest absolute Gasteiger partial charge is 0.389 e. The molecule has 1 aliphatic heterocycles. The molecule has 0 saturated carbocycles. The maximum absolute atomic E-state index is 13.1. The predicted molar refractivity (Wildman–Crippen MR) is 158 cm³/mol. The number of anilines is 1. The fourth-order valence-corrected chi connectivity index (χ4v) is 7.74. The number of alkyl halides is 3. The van der Waals surface area contributed by atoms with E-state index in [0.717, 1.165) is 58.3 Å². The molecule has 2 atom stereocenters. The number of aliphatic hydroxyl groups is 1. The molecule has 0 unspecified atom stereocenters. The van der Waals surface area contributed by atoms with Crippen LogP contribution < -0.4 is 4.90 Å². The molecule has 212 valence electrons. The van der Waals surface area contributed by atoms with E-state index in [4.69, 9.17) is 4.98 Å². The molecule has 2 aromatic carbocycles. The Morgan fingerprint density at radius 3 is 2.78 bits per heavy atom. The standard InChI is InChI=1S/C32H31F3N4OS/c1-19(40)31-37-27-17-36-26-12-15-41-30(26)29(27)39(31)22-8-5-14-38(18-22)28-20(7-4-13-32(33,34)35)10-11-24-23-9-3-2-6-21(23)16-25(24)28/h2-3,6,9-12,15,17,19,22,40H,4-5,7-8,13-14,16,18H2,1H3/t19-,22+/m1/s1. The highest BCUT2D eigenvalue weighted by atomic mass is 32.1. The Morgan fingerprint density at radius 2 is 1.95 bits per heavy atom. The van der Waals surface area contributed by atoms with Crippen molar-refractivity contribution in [2.75, 3.05) is 18.0 Å². The number of hydrogen-bond donors (Lipinski definition) is 1. The highest BCUT2D eigenvalue weighted by Gasteiger charge is 2.33. The normalized spacial score (nSPS) is 17.8.